The van der Waals surface area contributed by atoms with Crippen LogP contribution in [0.2, 0.25) is 0 Å². The second-order valence-corrected chi connectivity index (χ2v) is 4.87. The number of aromatic amines is 1. The molecule has 1 aromatic heterocycles. The number of carbonyl (C=O) groups is 2. The third-order valence-electron chi connectivity index (χ3n) is 3.54. The summed E-state index contributed by atoms with van der Waals surface area (Å²) < 4.78 is 4.51. The molecule has 0 saturated heterocycles. The fourth-order valence-corrected chi connectivity index (χ4v) is 2.17. The molecule has 0 bridgehead atoms. The average Bonchev–Trinajstić information content (AvgIpc) is 2.78. The third kappa shape index (κ3) is 2.90. The molecule has 1 amide bonds. The fourth-order valence-electron chi connectivity index (χ4n) is 2.17. The smallest absolute Gasteiger partial charge is 0.330 e. The first-order valence-corrected chi connectivity index (χ1v) is 6.56. The highest BCUT2D eigenvalue weighted by atomic mass is 16.5. The molecule has 0 fully saturated rings. The molecule has 0 aliphatic carbocycles. The van der Waals surface area contributed by atoms with E-state index in [1.807, 2.05) is 19.9 Å². The number of fused-ring (bicyclic) bond motifs is 1. The van der Waals surface area contributed by atoms with Gasteiger partial charge in [0.15, 0.2) is 6.04 Å². The summed E-state index contributed by atoms with van der Waals surface area (Å²) in [6, 6.07) is 4.18. The molecule has 21 heavy (non-hydrogen) atoms. The predicted octanol–water partition coefficient (Wildman–Crippen LogP) is 1.05. The average molecular weight is 290 g/mol. The zero-order valence-electron chi connectivity index (χ0n) is 12.2. The zero-order chi connectivity index (χ0) is 15.6. The van der Waals surface area contributed by atoms with E-state index in [-0.39, 0.29) is 0 Å². The van der Waals surface area contributed by atoms with Crippen molar-refractivity contribution in [2.75, 3.05) is 13.7 Å². The van der Waals surface area contributed by atoms with Crippen LogP contribution < -0.4 is 5.32 Å². The first kappa shape index (κ1) is 15.1. The van der Waals surface area contributed by atoms with Crippen LogP contribution in [0.3, 0.4) is 0 Å². The van der Waals surface area contributed by atoms with E-state index >= 15 is 0 Å². The summed E-state index contributed by atoms with van der Waals surface area (Å²) in [7, 11) is 1.20. The highest BCUT2D eigenvalue weighted by molar-refractivity contribution is 6.00. The fraction of sp³-hybridized carbons (Fsp3) is 0.333. The molecule has 1 atom stereocenters. The molecule has 6 nitrogen and oxygen atoms in total. The van der Waals surface area contributed by atoms with Gasteiger partial charge in [-0.2, -0.15) is 0 Å². The Morgan fingerprint density at radius 3 is 2.71 bits per heavy atom. The first-order chi connectivity index (χ1) is 9.97. The maximum absolute atomic E-state index is 12.2. The maximum Gasteiger partial charge on any atom is 0.330 e. The van der Waals surface area contributed by atoms with E-state index in [2.05, 4.69) is 15.0 Å². The number of carbonyl (C=O) groups excluding carboxylic acids is 2. The number of hydrogen-bond donors (Lipinski definition) is 3. The predicted molar refractivity (Wildman–Crippen MR) is 78.1 cm³/mol. The van der Waals surface area contributed by atoms with Crippen LogP contribution in [0.4, 0.5) is 0 Å². The van der Waals surface area contributed by atoms with Gasteiger partial charge in [-0.3, -0.25) is 4.79 Å². The number of rotatable bonds is 4. The molecule has 0 aliphatic rings. The van der Waals surface area contributed by atoms with E-state index in [4.69, 9.17) is 5.11 Å². The van der Waals surface area contributed by atoms with Crippen molar-refractivity contribution in [2.24, 2.45) is 0 Å². The van der Waals surface area contributed by atoms with Crippen molar-refractivity contribution in [3.05, 3.63) is 35.0 Å². The van der Waals surface area contributed by atoms with Crippen molar-refractivity contribution in [1.29, 1.82) is 0 Å². The van der Waals surface area contributed by atoms with Crippen LogP contribution in [-0.2, 0) is 9.53 Å². The van der Waals surface area contributed by atoms with Crippen LogP contribution in [0.15, 0.2) is 18.2 Å². The zero-order valence-corrected chi connectivity index (χ0v) is 12.2. The van der Waals surface area contributed by atoms with Crippen molar-refractivity contribution in [1.82, 2.24) is 10.3 Å². The Kier molecular flexibility index (Phi) is 4.28. The van der Waals surface area contributed by atoms with Gasteiger partial charge in [-0.25, -0.2) is 4.79 Å². The number of esters is 1. The van der Waals surface area contributed by atoms with Gasteiger partial charge < -0.3 is 20.1 Å². The van der Waals surface area contributed by atoms with Crippen molar-refractivity contribution >= 4 is 22.8 Å². The van der Waals surface area contributed by atoms with E-state index in [9.17, 15) is 9.59 Å². The number of aryl methyl sites for hydroxylation is 2. The minimum atomic E-state index is -1.06. The molecule has 1 aromatic carbocycles. The van der Waals surface area contributed by atoms with Crippen molar-refractivity contribution < 1.29 is 19.4 Å². The lowest BCUT2D eigenvalue weighted by Crippen LogP contribution is -2.44. The van der Waals surface area contributed by atoms with Crippen LogP contribution in [0.25, 0.3) is 10.9 Å². The van der Waals surface area contributed by atoms with Gasteiger partial charge >= 0.3 is 5.97 Å². The molecule has 0 saturated carbocycles. The van der Waals surface area contributed by atoms with Crippen LogP contribution in [0.5, 0.6) is 0 Å². The number of aliphatic hydroxyl groups is 1. The van der Waals surface area contributed by atoms with Crippen molar-refractivity contribution in [3.63, 3.8) is 0 Å². The number of nitrogens with one attached hydrogen (secondary N) is 2. The van der Waals surface area contributed by atoms with Gasteiger partial charge in [0, 0.05) is 22.2 Å². The van der Waals surface area contributed by atoms with Crippen molar-refractivity contribution in [2.45, 2.75) is 19.9 Å². The topological polar surface area (TPSA) is 91.4 Å². The van der Waals surface area contributed by atoms with E-state index < -0.39 is 24.5 Å². The molecule has 3 N–H and O–H groups in total. The lowest BCUT2D eigenvalue weighted by Gasteiger charge is -2.13. The summed E-state index contributed by atoms with van der Waals surface area (Å²) in [4.78, 5) is 26.8. The Hall–Kier alpha value is -2.34. The molecule has 0 radical (unpaired) electrons. The largest absolute Gasteiger partial charge is 0.467 e. The molecule has 6 heteroatoms. The van der Waals surface area contributed by atoms with Gasteiger partial charge in [0.1, 0.15) is 0 Å². The Bertz CT molecular complexity index is 690. The number of methoxy groups -OCH3 is 1. The van der Waals surface area contributed by atoms with Crippen LogP contribution in [-0.4, -0.2) is 41.7 Å². The van der Waals surface area contributed by atoms with E-state index in [1.165, 1.54) is 7.11 Å². The number of aliphatic hydroxyl groups excluding tert-OH is 1. The van der Waals surface area contributed by atoms with E-state index in [1.54, 1.807) is 12.1 Å². The summed E-state index contributed by atoms with van der Waals surface area (Å²) >= 11 is 0. The third-order valence-corrected chi connectivity index (χ3v) is 3.54. The van der Waals surface area contributed by atoms with Gasteiger partial charge in [0.05, 0.1) is 13.7 Å². The molecular formula is C15H18N2O4. The number of H-pyrrole nitrogens is 1. The first-order valence-electron chi connectivity index (χ1n) is 6.56. The van der Waals surface area contributed by atoms with Crippen LogP contribution >= 0.6 is 0 Å². The van der Waals surface area contributed by atoms with E-state index in [0.29, 0.717) is 5.56 Å². The number of ether oxygens (including phenoxy) is 1. The molecule has 2 aromatic rings. The minimum Gasteiger partial charge on any atom is -0.467 e. The number of aromatic nitrogens is 1. The number of hydrogen-bond acceptors (Lipinski definition) is 4. The molecule has 0 spiro atoms. The van der Waals surface area contributed by atoms with Gasteiger partial charge in [0.2, 0.25) is 0 Å². The summed E-state index contributed by atoms with van der Waals surface area (Å²) in [6.07, 6.45) is 0. The number of benzene rings is 1. The minimum absolute atomic E-state index is 0.423. The van der Waals surface area contributed by atoms with Gasteiger partial charge in [-0.1, -0.05) is 0 Å². The van der Waals surface area contributed by atoms with Crippen molar-refractivity contribution in [3.8, 4) is 0 Å². The Morgan fingerprint density at radius 1 is 1.38 bits per heavy atom. The summed E-state index contributed by atoms with van der Waals surface area (Å²) in [5.41, 5.74) is 3.50. The molecule has 2 rings (SSSR count). The molecule has 1 heterocycles. The van der Waals surface area contributed by atoms with Gasteiger partial charge in [0.25, 0.3) is 5.91 Å². The Morgan fingerprint density at radius 2 is 2.10 bits per heavy atom. The molecule has 0 aliphatic heterocycles. The number of amides is 1. The monoisotopic (exact) mass is 290 g/mol. The SMILES string of the molecule is COC(=O)C(CO)NC(=O)c1ccc2[nH]c(C)c(C)c2c1. The highest BCUT2D eigenvalue weighted by Gasteiger charge is 2.21. The molecule has 112 valence electrons. The molecular weight excluding hydrogens is 272 g/mol. The van der Waals surface area contributed by atoms with Gasteiger partial charge in [-0.15, -0.1) is 0 Å². The standard InChI is InChI=1S/C15H18N2O4/c1-8-9(2)16-12-5-4-10(6-11(8)12)14(19)17-13(7-18)15(20)21-3/h4-6,13,16,18H,7H2,1-3H3,(H,17,19). The van der Waals surface area contributed by atoms with E-state index in [0.717, 1.165) is 22.2 Å². The lowest BCUT2D eigenvalue weighted by molar-refractivity contribution is -0.143. The second-order valence-electron chi connectivity index (χ2n) is 4.87. The summed E-state index contributed by atoms with van der Waals surface area (Å²) in [5, 5.41) is 12.5. The summed E-state index contributed by atoms with van der Waals surface area (Å²) in [5.74, 6) is -1.11. The maximum atomic E-state index is 12.2. The van der Waals surface area contributed by atoms with Crippen LogP contribution in [0.1, 0.15) is 21.6 Å². The molecule has 1 unspecified atom stereocenters. The summed E-state index contributed by atoms with van der Waals surface area (Å²) in [6.45, 7) is 3.43. The van der Waals surface area contributed by atoms with Gasteiger partial charge in [-0.05, 0) is 37.6 Å². The van der Waals surface area contributed by atoms with Crippen LogP contribution in [0, 0.1) is 13.8 Å². The Balaban J connectivity index is 2.27. The highest BCUT2D eigenvalue weighted by Crippen LogP contribution is 2.22. The second kappa shape index (κ2) is 5.97. The quantitative estimate of drug-likeness (QED) is 0.734. The normalized spacial score (nSPS) is 12.2. The lowest BCUT2D eigenvalue weighted by atomic mass is 10.1. The Labute approximate surface area is 122 Å².